The number of phenols is 1. The average Bonchev–Trinajstić information content (AvgIpc) is 2.61. The molecule has 24 heavy (non-hydrogen) atoms. The van der Waals surface area contributed by atoms with Gasteiger partial charge in [-0.3, -0.25) is 9.59 Å². The molecule has 0 aliphatic carbocycles. The second kappa shape index (κ2) is 8.72. The molecule has 0 aromatic heterocycles. The molecule has 0 saturated carbocycles. The van der Waals surface area contributed by atoms with Crippen molar-refractivity contribution in [2.24, 2.45) is 0 Å². The van der Waals surface area contributed by atoms with E-state index in [1.807, 2.05) is 37.3 Å². The number of aromatic hydroxyl groups is 1. The van der Waals surface area contributed by atoms with Crippen molar-refractivity contribution in [3.63, 3.8) is 0 Å². The van der Waals surface area contributed by atoms with Gasteiger partial charge in [0, 0.05) is 19.6 Å². The van der Waals surface area contributed by atoms with Crippen LogP contribution in [0.15, 0.2) is 54.6 Å². The molecule has 0 fully saturated rings. The number of amides is 2. The van der Waals surface area contributed by atoms with E-state index in [1.165, 1.54) is 4.90 Å². The Morgan fingerprint density at radius 2 is 1.67 bits per heavy atom. The molecule has 0 heterocycles. The van der Waals surface area contributed by atoms with Gasteiger partial charge in [-0.2, -0.15) is 0 Å². The first kappa shape index (κ1) is 17.5. The Morgan fingerprint density at radius 1 is 1.00 bits per heavy atom. The maximum atomic E-state index is 12.2. The molecule has 0 radical (unpaired) electrons. The zero-order valence-electron chi connectivity index (χ0n) is 13.7. The van der Waals surface area contributed by atoms with Crippen LogP contribution in [0.2, 0.25) is 0 Å². The zero-order valence-corrected chi connectivity index (χ0v) is 13.7. The van der Waals surface area contributed by atoms with Crippen molar-refractivity contribution in [2.75, 3.05) is 13.1 Å². The van der Waals surface area contributed by atoms with Gasteiger partial charge in [-0.25, -0.2) is 0 Å². The molecule has 126 valence electrons. The van der Waals surface area contributed by atoms with E-state index < -0.39 is 11.8 Å². The number of phenolic OH excluding ortho intramolecular Hbond substituents is 1. The molecule has 2 aromatic carbocycles. The first-order chi connectivity index (χ1) is 11.6. The van der Waals surface area contributed by atoms with Gasteiger partial charge in [-0.15, -0.1) is 0 Å². The minimum atomic E-state index is -0.591. The maximum Gasteiger partial charge on any atom is 0.312 e. The molecule has 0 unspecified atom stereocenters. The van der Waals surface area contributed by atoms with Gasteiger partial charge in [0.2, 0.25) is 0 Å². The summed E-state index contributed by atoms with van der Waals surface area (Å²) in [7, 11) is 0. The number of nitrogens with zero attached hydrogens (tertiary/aromatic N) is 1. The summed E-state index contributed by atoms with van der Waals surface area (Å²) in [5.74, 6) is -0.906. The fourth-order valence-electron chi connectivity index (χ4n) is 2.33. The Hall–Kier alpha value is -2.82. The fraction of sp³-hybridized carbons (Fsp3) is 0.263. The van der Waals surface area contributed by atoms with Gasteiger partial charge >= 0.3 is 11.8 Å². The van der Waals surface area contributed by atoms with Crippen LogP contribution in [0.1, 0.15) is 18.1 Å². The summed E-state index contributed by atoms with van der Waals surface area (Å²) < 4.78 is 0. The molecule has 0 saturated heterocycles. The van der Waals surface area contributed by atoms with Crippen LogP contribution < -0.4 is 5.32 Å². The molecule has 2 amide bonds. The molecule has 0 spiro atoms. The van der Waals surface area contributed by atoms with Crippen molar-refractivity contribution in [2.45, 2.75) is 19.9 Å². The van der Waals surface area contributed by atoms with Crippen LogP contribution in [0.3, 0.4) is 0 Å². The topological polar surface area (TPSA) is 69.6 Å². The van der Waals surface area contributed by atoms with E-state index in [0.29, 0.717) is 26.1 Å². The van der Waals surface area contributed by atoms with E-state index in [-0.39, 0.29) is 5.75 Å². The van der Waals surface area contributed by atoms with E-state index in [0.717, 1.165) is 11.1 Å². The number of rotatable bonds is 6. The van der Waals surface area contributed by atoms with Crippen LogP contribution in [-0.4, -0.2) is 34.9 Å². The third kappa shape index (κ3) is 5.12. The average molecular weight is 326 g/mol. The van der Waals surface area contributed by atoms with Crippen molar-refractivity contribution < 1.29 is 14.7 Å². The second-order valence-corrected chi connectivity index (χ2v) is 5.48. The molecular weight excluding hydrogens is 304 g/mol. The molecule has 5 nitrogen and oxygen atoms in total. The van der Waals surface area contributed by atoms with Gasteiger partial charge < -0.3 is 15.3 Å². The summed E-state index contributed by atoms with van der Waals surface area (Å²) in [5, 5.41) is 11.9. The van der Waals surface area contributed by atoms with Crippen LogP contribution in [0.25, 0.3) is 0 Å². The highest BCUT2D eigenvalue weighted by molar-refractivity contribution is 6.34. The number of hydrogen-bond acceptors (Lipinski definition) is 3. The predicted molar refractivity (Wildman–Crippen MR) is 92.4 cm³/mol. The Labute approximate surface area is 141 Å². The summed E-state index contributed by atoms with van der Waals surface area (Å²) in [6.07, 6.45) is 0.601. The number of likely N-dealkylation sites (N-methyl/N-ethyl adjacent to an activating group) is 1. The summed E-state index contributed by atoms with van der Waals surface area (Å²) in [6.45, 7) is 3.11. The highest BCUT2D eigenvalue weighted by atomic mass is 16.3. The van der Waals surface area contributed by atoms with Crippen LogP contribution in [0.4, 0.5) is 0 Å². The van der Waals surface area contributed by atoms with Gasteiger partial charge in [0.15, 0.2) is 0 Å². The molecule has 0 atom stereocenters. The van der Waals surface area contributed by atoms with Crippen molar-refractivity contribution in [3.05, 3.63) is 65.7 Å². The molecule has 0 bridgehead atoms. The first-order valence-corrected chi connectivity index (χ1v) is 7.99. The monoisotopic (exact) mass is 326 g/mol. The highest BCUT2D eigenvalue weighted by Gasteiger charge is 2.20. The molecule has 5 heteroatoms. The standard InChI is InChI=1S/C19H22N2O3/c1-2-21(14-16-6-4-3-5-7-16)19(24)18(23)20-13-12-15-8-10-17(22)11-9-15/h3-11,22H,2,12-14H2,1H3,(H,20,23). The number of nitrogens with one attached hydrogen (secondary N) is 1. The lowest BCUT2D eigenvalue weighted by Gasteiger charge is -2.20. The third-order valence-electron chi connectivity index (χ3n) is 3.72. The van der Waals surface area contributed by atoms with Crippen molar-refractivity contribution in [1.82, 2.24) is 10.2 Å². The normalized spacial score (nSPS) is 10.2. The lowest BCUT2D eigenvalue weighted by Crippen LogP contribution is -2.43. The van der Waals surface area contributed by atoms with E-state index >= 15 is 0 Å². The maximum absolute atomic E-state index is 12.2. The summed E-state index contributed by atoms with van der Waals surface area (Å²) in [4.78, 5) is 25.8. The minimum Gasteiger partial charge on any atom is -0.508 e. The molecule has 0 aliphatic rings. The number of carbonyl (C=O) groups is 2. The number of benzene rings is 2. The molecule has 2 N–H and O–H groups in total. The van der Waals surface area contributed by atoms with Crippen LogP contribution in [0.5, 0.6) is 5.75 Å². The van der Waals surface area contributed by atoms with E-state index in [2.05, 4.69) is 5.32 Å². The van der Waals surface area contributed by atoms with E-state index in [4.69, 9.17) is 0 Å². The van der Waals surface area contributed by atoms with Crippen LogP contribution in [-0.2, 0) is 22.6 Å². The van der Waals surface area contributed by atoms with Crippen molar-refractivity contribution in [1.29, 1.82) is 0 Å². The van der Waals surface area contributed by atoms with Crippen LogP contribution >= 0.6 is 0 Å². The van der Waals surface area contributed by atoms with E-state index in [9.17, 15) is 14.7 Å². The summed E-state index contributed by atoms with van der Waals surface area (Å²) in [5.41, 5.74) is 1.97. The molecule has 2 aromatic rings. The SMILES string of the molecule is CCN(Cc1ccccc1)C(=O)C(=O)NCCc1ccc(O)cc1. The van der Waals surface area contributed by atoms with Gasteiger partial charge in [0.1, 0.15) is 5.75 Å². The Kier molecular flexibility index (Phi) is 6.37. The Bertz CT molecular complexity index is 669. The Balaban J connectivity index is 1.83. The second-order valence-electron chi connectivity index (χ2n) is 5.48. The van der Waals surface area contributed by atoms with Gasteiger partial charge in [-0.1, -0.05) is 42.5 Å². The lowest BCUT2D eigenvalue weighted by atomic mass is 10.1. The third-order valence-corrected chi connectivity index (χ3v) is 3.72. The first-order valence-electron chi connectivity index (χ1n) is 7.99. The predicted octanol–water partition coefficient (Wildman–Crippen LogP) is 2.10. The quantitative estimate of drug-likeness (QED) is 0.799. The fourth-order valence-corrected chi connectivity index (χ4v) is 2.33. The van der Waals surface area contributed by atoms with Crippen molar-refractivity contribution >= 4 is 11.8 Å². The zero-order chi connectivity index (χ0) is 17.4. The van der Waals surface area contributed by atoms with Crippen molar-refractivity contribution in [3.8, 4) is 5.75 Å². The van der Waals surface area contributed by atoms with Gasteiger partial charge in [0.05, 0.1) is 0 Å². The van der Waals surface area contributed by atoms with E-state index in [1.54, 1.807) is 24.3 Å². The number of carbonyl (C=O) groups excluding carboxylic acids is 2. The Morgan fingerprint density at radius 3 is 2.29 bits per heavy atom. The van der Waals surface area contributed by atoms with Crippen LogP contribution in [0, 0.1) is 0 Å². The number of hydrogen-bond donors (Lipinski definition) is 2. The lowest BCUT2D eigenvalue weighted by molar-refractivity contribution is -0.146. The highest BCUT2D eigenvalue weighted by Crippen LogP contribution is 2.09. The molecule has 2 rings (SSSR count). The summed E-state index contributed by atoms with van der Waals surface area (Å²) >= 11 is 0. The van der Waals surface area contributed by atoms with Gasteiger partial charge in [-0.05, 0) is 36.6 Å². The largest absolute Gasteiger partial charge is 0.508 e. The summed E-state index contributed by atoms with van der Waals surface area (Å²) in [6, 6.07) is 16.4. The van der Waals surface area contributed by atoms with Gasteiger partial charge in [0.25, 0.3) is 0 Å². The molecular formula is C19H22N2O3. The minimum absolute atomic E-state index is 0.206. The molecule has 0 aliphatic heterocycles. The smallest absolute Gasteiger partial charge is 0.312 e.